The van der Waals surface area contributed by atoms with Crippen LogP contribution in [0.25, 0.3) is 0 Å². The number of alkyl halides is 2. The minimum absolute atomic E-state index is 0.138. The summed E-state index contributed by atoms with van der Waals surface area (Å²) in [5.41, 5.74) is 1.09. The monoisotopic (exact) mass is 367 g/mol. The van der Waals surface area contributed by atoms with Gasteiger partial charge in [-0.2, -0.15) is 0 Å². The molecule has 0 aromatic heterocycles. The maximum atomic E-state index is 12.0. The summed E-state index contributed by atoms with van der Waals surface area (Å²) < 4.78 is 4.88. The van der Waals surface area contributed by atoms with Gasteiger partial charge in [-0.3, -0.25) is 0 Å². The van der Waals surface area contributed by atoms with Gasteiger partial charge in [0.15, 0.2) is 0 Å². The lowest BCUT2D eigenvalue weighted by Crippen LogP contribution is -2.62. The molecule has 24 heavy (non-hydrogen) atoms. The summed E-state index contributed by atoms with van der Waals surface area (Å²) in [6.45, 7) is 0. The van der Waals surface area contributed by atoms with E-state index in [0.29, 0.717) is 11.8 Å². The number of carbonyl (C=O) groups excluding carboxylic acids is 1. The Morgan fingerprint density at radius 3 is 2.62 bits per heavy atom. The predicted octanol–water partition coefficient (Wildman–Crippen LogP) is 4.88. The number of ether oxygens (including phenoxy) is 1. The van der Waals surface area contributed by atoms with Gasteiger partial charge < -0.3 is 10.1 Å². The molecule has 4 saturated carbocycles. The van der Waals surface area contributed by atoms with Crippen LogP contribution >= 0.6 is 23.2 Å². The minimum Gasteiger partial charge on any atom is -0.453 e. The highest BCUT2D eigenvalue weighted by Gasteiger charge is 2.63. The lowest BCUT2D eigenvalue weighted by atomic mass is 9.49. The largest absolute Gasteiger partial charge is 0.453 e. The lowest BCUT2D eigenvalue weighted by molar-refractivity contribution is -0.0241. The lowest BCUT2D eigenvalue weighted by Gasteiger charge is -2.63. The number of carbonyl (C=O) groups is 1. The fourth-order valence-electron chi connectivity index (χ4n) is 5.79. The number of methoxy groups -OCH3 is 1. The van der Waals surface area contributed by atoms with Gasteiger partial charge in [-0.1, -0.05) is 30.3 Å². The fraction of sp³-hybridized carbons (Fsp3) is 0.632. The maximum Gasteiger partial charge on any atom is 0.407 e. The first-order valence-electron chi connectivity index (χ1n) is 8.70. The number of benzene rings is 1. The molecule has 1 aromatic carbocycles. The Morgan fingerprint density at radius 2 is 2.00 bits per heavy atom. The third-order valence-corrected chi connectivity index (χ3v) is 7.22. The summed E-state index contributed by atoms with van der Waals surface area (Å²) >= 11 is 14.1. The number of rotatable bonds is 3. The number of alkyl carbamates (subject to hydrolysis) is 1. The Morgan fingerprint density at radius 1 is 1.25 bits per heavy atom. The van der Waals surface area contributed by atoms with E-state index < -0.39 is 6.09 Å². The normalized spacial score (nSPS) is 41.0. The van der Waals surface area contributed by atoms with Crippen molar-refractivity contribution in [3.63, 3.8) is 0 Å². The quantitative estimate of drug-likeness (QED) is 0.773. The van der Waals surface area contributed by atoms with E-state index in [9.17, 15) is 4.79 Å². The fourth-order valence-corrected chi connectivity index (χ4v) is 7.29. The van der Waals surface area contributed by atoms with Crippen molar-refractivity contribution in [2.45, 2.75) is 47.9 Å². The molecule has 130 valence electrons. The van der Waals surface area contributed by atoms with Crippen LogP contribution < -0.4 is 5.32 Å². The van der Waals surface area contributed by atoms with Crippen molar-refractivity contribution in [2.75, 3.05) is 7.11 Å². The Hall–Kier alpha value is -0.930. The first kappa shape index (κ1) is 16.5. The van der Waals surface area contributed by atoms with Crippen molar-refractivity contribution in [3.05, 3.63) is 35.9 Å². The highest BCUT2D eigenvalue weighted by Crippen LogP contribution is 2.66. The van der Waals surface area contributed by atoms with Crippen LogP contribution in [0.1, 0.15) is 43.7 Å². The van der Waals surface area contributed by atoms with E-state index in [2.05, 4.69) is 17.4 Å². The van der Waals surface area contributed by atoms with Crippen LogP contribution in [0, 0.1) is 17.8 Å². The SMILES string of the molecule is COC(=O)N[C@@H](c1ccccc1)[C@H]1C2C[C@H]3C[C@](Cl)(C2)C[C@@]1(Cl)C3. The number of hydrogen-bond donors (Lipinski definition) is 1. The van der Waals surface area contributed by atoms with E-state index in [1.807, 2.05) is 18.2 Å². The summed E-state index contributed by atoms with van der Waals surface area (Å²) in [5.74, 6) is 1.26. The van der Waals surface area contributed by atoms with Gasteiger partial charge in [-0.25, -0.2) is 4.79 Å². The molecule has 0 saturated heterocycles. The van der Waals surface area contributed by atoms with Crippen LogP contribution in [-0.4, -0.2) is 23.0 Å². The molecule has 1 amide bonds. The molecule has 4 aliphatic carbocycles. The van der Waals surface area contributed by atoms with Gasteiger partial charge >= 0.3 is 6.09 Å². The van der Waals surface area contributed by atoms with Crippen LogP contribution in [0.4, 0.5) is 4.79 Å². The Balaban J connectivity index is 1.71. The Labute approximate surface area is 153 Å². The molecule has 1 N–H and O–H groups in total. The van der Waals surface area contributed by atoms with Crippen LogP contribution in [0.3, 0.4) is 0 Å². The van der Waals surface area contributed by atoms with Crippen molar-refractivity contribution < 1.29 is 9.53 Å². The second-order valence-corrected chi connectivity index (χ2v) is 9.44. The third kappa shape index (κ3) is 2.70. The van der Waals surface area contributed by atoms with Crippen LogP contribution in [-0.2, 0) is 4.74 Å². The number of amides is 1. The second-order valence-electron chi connectivity index (χ2n) is 7.89. The summed E-state index contributed by atoms with van der Waals surface area (Å²) in [7, 11) is 1.40. The highest BCUT2D eigenvalue weighted by molar-refractivity contribution is 6.28. The molecule has 0 radical (unpaired) electrons. The summed E-state index contributed by atoms with van der Waals surface area (Å²) in [6.07, 6.45) is 4.67. The maximum absolute atomic E-state index is 12.0. The van der Waals surface area contributed by atoms with E-state index in [-0.39, 0.29) is 21.7 Å². The molecule has 0 aliphatic heterocycles. The Bertz CT molecular complexity index is 640. The highest BCUT2D eigenvalue weighted by atomic mass is 35.5. The molecule has 4 fully saturated rings. The second kappa shape index (κ2) is 5.81. The zero-order valence-electron chi connectivity index (χ0n) is 13.8. The molecule has 1 unspecified atom stereocenters. The number of halogens is 2. The van der Waals surface area contributed by atoms with Crippen LogP contribution in [0.15, 0.2) is 30.3 Å². The average molecular weight is 368 g/mol. The number of hydrogen-bond acceptors (Lipinski definition) is 2. The first-order valence-corrected chi connectivity index (χ1v) is 9.45. The van der Waals surface area contributed by atoms with Crippen LogP contribution in [0.2, 0.25) is 0 Å². The smallest absolute Gasteiger partial charge is 0.407 e. The summed E-state index contributed by atoms with van der Waals surface area (Å²) in [6, 6.07) is 9.97. The zero-order chi connectivity index (χ0) is 16.9. The van der Waals surface area contributed by atoms with E-state index in [1.54, 1.807) is 0 Å². The van der Waals surface area contributed by atoms with Gasteiger partial charge in [0.05, 0.1) is 18.0 Å². The van der Waals surface area contributed by atoms with E-state index in [0.717, 1.165) is 31.2 Å². The average Bonchev–Trinajstić information content (AvgIpc) is 2.51. The molecule has 0 spiro atoms. The van der Waals surface area contributed by atoms with Gasteiger partial charge in [0.25, 0.3) is 0 Å². The van der Waals surface area contributed by atoms with Gasteiger partial charge in [0, 0.05) is 10.8 Å². The molecule has 5 heteroatoms. The third-order valence-electron chi connectivity index (χ3n) is 6.24. The van der Waals surface area contributed by atoms with Gasteiger partial charge in [-0.15, -0.1) is 23.2 Å². The topological polar surface area (TPSA) is 38.3 Å². The minimum atomic E-state index is -0.404. The summed E-state index contributed by atoms with van der Waals surface area (Å²) in [5, 5.41) is 3.06. The molecule has 3 nitrogen and oxygen atoms in total. The molecule has 4 aliphatic rings. The van der Waals surface area contributed by atoms with E-state index >= 15 is 0 Å². The molecular weight excluding hydrogens is 345 g/mol. The van der Waals surface area contributed by atoms with Crippen molar-refractivity contribution in [1.82, 2.24) is 5.32 Å². The molecule has 5 rings (SSSR count). The molecule has 4 bridgehead atoms. The van der Waals surface area contributed by atoms with E-state index in [4.69, 9.17) is 27.9 Å². The van der Waals surface area contributed by atoms with Gasteiger partial charge in [0.1, 0.15) is 0 Å². The zero-order valence-corrected chi connectivity index (χ0v) is 15.3. The first-order chi connectivity index (χ1) is 11.4. The predicted molar refractivity (Wildman–Crippen MR) is 95.4 cm³/mol. The molecular formula is C19H23Cl2NO2. The molecule has 1 aromatic rings. The van der Waals surface area contributed by atoms with Crippen molar-refractivity contribution >= 4 is 29.3 Å². The summed E-state index contributed by atoms with van der Waals surface area (Å²) in [4.78, 5) is 11.5. The van der Waals surface area contributed by atoms with Crippen molar-refractivity contribution in [1.29, 1.82) is 0 Å². The van der Waals surface area contributed by atoms with Crippen molar-refractivity contribution in [2.24, 2.45) is 17.8 Å². The molecule has 0 heterocycles. The van der Waals surface area contributed by atoms with Crippen LogP contribution in [0.5, 0.6) is 0 Å². The number of nitrogens with one attached hydrogen (secondary N) is 1. The van der Waals surface area contributed by atoms with Gasteiger partial charge in [0.2, 0.25) is 0 Å². The Kier molecular flexibility index (Phi) is 4.00. The van der Waals surface area contributed by atoms with E-state index in [1.165, 1.54) is 13.5 Å². The van der Waals surface area contributed by atoms with Crippen molar-refractivity contribution in [3.8, 4) is 0 Å². The molecule has 6 atom stereocenters. The standard InChI is InChI=1S/C19H23Cl2NO2/c1-24-17(23)22-16(13-5-3-2-4-6-13)15-14-7-12-8-18(20,10-14)11-19(15,21)9-12/h2-6,12,14-16H,7-11H2,1H3,(H,22,23)/t12-,14?,15+,16-,18-,19-/m0/s1. The van der Waals surface area contributed by atoms with Gasteiger partial charge in [-0.05, 0) is 49.5 Å².